The van der Waals surface area contributed by atoms with Crippen LogP contribution in [0.1, 0.15) is 0 Å². The Hall–Kier alpha value is 0.881. The van der Waals surface area contributed by atoms with Gasteiger partial charge in [0.1, 0.15) is 0 Å². The van der Waals surface area contributed by atoms with Crippen molar-refractivity contribution in [3.63, 3.8) is 0 Å². The van der Waals surface area contributed by atoms with Gasteiger partial charge in [-0.25, -0.2) is 0 Å². The van der Waals surface area contributed by atoms with E-state index in [1.165, 1.54) is 10.6 Å². The van der Waals surface area contributed by atoms with Crippen molar-refractivity contribution in [2.75, 3.05) is 0 Å². The quantitative estimate of drug-likeness (QED) is 0.464. The zero-order valence-corrected chi connectivity index (χ0v) is 11.7. The van der Waals surface area contributed by atoms with Crippen molar-refractivity contribution in [1.29, 1.82) is 0 Å². The molecule has 1 rings (SSSR count). The Bertz CT molecular complexity index is 183. The SMILES string of the molecule is C[Si](C)(C)C#CB1[Se]CC[Se]1. The fourth-order valence-electron chi connectivity index (χ4n) is 0.717. The van der Waals surface area contributed by atoms with Crippen molar-refractivity contribution in [3.05, 3.63) is 0 Å². The third kappa shape index (κ3) is 4.45. The third-order valence-electron chi connectivity index (χ3n) is 1.19. The number of hydrogen-bond donors (Lipinski definition) is 0. The van der Waals surface area contributed by atoms with Gasteiger partial charge in [-0.2, -0.15) is 0 Å². The summed E-state index contributed by atoms with van der Waals surface area (Å²) in [4.78, 5) is 0. The van der Waals surface area contributed by atoms with Crippen LogP contribution in [0.4, 0.5) is 0 Å². The predicted molar refractivity (Wildman–Crippen MR) is 58.0 cm³/mol. The second-order valence-electron chi connectivity index (χ2n) is 3.59. The standard InChI is InChI=1S/C7H13BSe2Si/c1-11(2,3)7-4-8-9-5-6-10-8/h5-6H2,1-3H3. The zero-order chi connectivity index (χ0) is 8.32. The van der Waals surface area contributed by atoms with E-state index in [9.17, 15) is 0 Å². The maximum atomic E-state index is 3.49. The first-order valence-electron chi connectivity index (χ1n) is 3.84. The summed E-state index contributed by atoms with van der Waals surface area (Å²) in [6.45, 7) is 6.98. The van der Waals surface area contributed by atoms with Crippen LogP contribution in [-0.2, 0) is 0 Å². The molecular formula is C7H13BSe2Si. The van der Waals surface area contributed by atoms with Crippen LogP contribution in [0.15, 0.2) is 0 Å². The molecule has 0 aromatic rings. The molecule has 0 N–H and O–H groups in total. The van der Waals surface area contributed by atoms with Crippen molar-refractivity contribution in [3.8, 4) is 11.4 Å². The van der Waals surface area contributed by atoms with E-state index < -0.39 is 8.07 Å². The van der Waals surface area contributed by atoms with Crippen molar-refractivity contribution >= 4 is 42.0 Å². The summed E-state index contributed by atoms with van der Waals surface area (Å²) >= 11 is 1.76. The number of rotatable bonds is 0. The van der Waals surface area contributed by atoms with E-state index in [2.05, 4.69) is 31.0 Å². The van der Waals surface area contributed by atoms with Gasteiger partial charge >= 0.3 is 83.6 Å². The first kappa shape index (κ1) is 9.96. The molecule has 0 bridgehead atoms. The Morgan fingerprint density at radius 2 is 1.73 bits per heavy atom. The van der Waals surface area contributed by atoms with Crippen molar-refractivity contribution < 1.29 is 0 Å². The second kappa shape index (κ2) is 4.21. The molecular weight excluding hydrogens is 281 g/mol. The van der Waals surface area contributed by atoms with Gasteiger partial charge in [0.2, 0.25) is 0 Å². The number of hydrogen-bond acceptors (Lipinski definition) is 0. The Morgan fingerprint density at radius 1 is 1.18 bits per heavy atom. The molecule has 1 aliphatic heterocycles. The minimum absolute atomic E-state index is 0.877. The molecule has 0 saturated carbocycles. The van der Waals surface area contributed by atoms with E-state index in [1.807, 2.05) is 0 Å². The van der Waals surface area contributed by atoms with E-state index in [1.54, 1.807) is 0 Å². The Labute approximate surface area is 83.4 Å². The molecule has 0 aliphatic carbocycles. The van der Waals surface area contributed by atoms with Crippen LogP contribution in [0.5, 0.6) is 0 Å². The van der Waals surface area contributed by atoms with Gasteiger partial charge in [0.25, 0.3) is 0 Å². The van der Waals surface area contributed by atoms with Gasteiger partial charge in [0.15, 0.2) is 0 Å². The molecule has 0 aromatic heterocycles. The molecule has 0 atom stereocenters. The molecule has 0 aromatic carbocycles. The van der Waals surface area contributed by atoms with E-state index >= 15 is 0 Å². The summed E-state index contributed by atoms with van der Waals surface area (Å²) in [5.74, 6) is 3.49. The van der Waals surface area contributed by atoms with Crippen LogP contribution >= 0.6 is 0 Å². The van der Waals surface area contributed by atoms with E-state index in [-0.39, 0.29) is 0 Å². The van der Waals surface area contributed by atoms with Crippen LogP contribution in [0.25, 0.3) is 0 Å². The van der Waals surface area contributed by atoms with Crippen molar-refractivity contribution in [2.24, 2.45) is 0 Å². The maximum absolute atomic E-state index is 3.49. The van der Waals surface area contributed by atoms with Crippen molar-refractivity contribution in [2.45, 2.75) is 30.3 Å². The monoisotopic (exact) mass is 296 g/mol. The fraction of sp³-hybridized carbons (Fsp3) is 0.714. The third-order valence-corrected chi connectivity index (χ3v) is 9.97. The molecule has 4 heteroatoms. The molecule has 1 aliphatic rings. The van der Waals surface area contributed by atoms with Crippen molar-refractivity contribution in [1.82, 2.24) is 0 Å². The topological polar surface area (TPSA) is 0 Å². The normalized spacial score (nSPS) is 17.9. The molecule has 0 nitrogen and oxygen atoms in total. The molecule has 1 heterocycles. The fourth-order valence-corrected chi connectivity index (χ4v) is 9.11. The van der Waals surface area contributed by atoms with Crippen LogP contribution in [0, 0.1) is 11.4 Å². The summed E-state index contributed by atoms with van der Waals surface area (Å²) in [6, 6.07) is 0. The van der Waals surface area contributed by atoms with Gasteiger partial charge in [-0.15, -0.1) is 0 Å². The van der Waals surface area contributed by atoms with E-state index in [0.29, 0.717) is 0 Å². The van der Waals surface area contributed by atoms with E-state index in [0.717, 1.165) is 33.9 Å². The average Bonchev–Trinajstić information content (AvgIpc) is 2.32. The molecule has 1 saturated heterocycles. The van der Waals surface area contributed by atoms with Gasteiger partial charge in [-0.3, -0.25) is 0 Å². The van der Waals surface area contributed by atoms with Gasteiger partial charge in [0, 0.05) is 0 Å². The molecule has 11 heavy (non-hydrogen) atoms. The van der Waals surface area contributed by atoms with Gasteiger partial charge in [0.05, 0.1) is 0 Å². The summed E-state index contributed by atoms with van der Waals surface area (Å²) in [5, 5.41) is 3.00. The molecule has 1 fully saturated rings. The Morgan fingerprint density at radius 3 is 2.18 bits per heavy atom. The molecule has 0 spiro atoms. The predicted octanol–water partition coefficient (Wildman–Crippen LogP) is 1.15. The Kier molecular flexibility index (Phi) is 3.82. The average molecular weight is 294 g/mol. The summed E-state index contributed by atoms with van der Waals surface area (Å²) in [6.07, 6.45) is 0. The van der Waals surface area contributed by atoms with E-state index in [4.69, 9.17) is 0 Å². The van der Waals surface area contributed by atoms with Crippen LogP contribution < -0.4 is 0 Å². The molecule has 0 unspecified atom stereocenters. The van der Waals surface area contributed by atoms with Crippen LogP contribution in [0.3, 0.4) is 0 Å². The first-order chi connectivity index (χ1) is 5.08. The second-order valence-corrected chi connectivity index (χ2v) is 14.9. The molecule has 60 valence electrons. The summed E-state index contributed by atoms with van der Waals surface area (Å²) in [7, 11) is -1.07. The zero-order valence-electron chi connectivity index (χ0n) is 7.31. The minimum atomic E-state index is -1.07. The summed E-state index contributed by atoms with van der Waals surface area (Å²) in [5.41, 5.74) is 3.48. The van der Waals surface area contributed by atoms with Crippen LogP contribution in [0.2, 0.25) is 30.3 Å². The van der Waals surface area contributed by atoms with Gasteiger partial charge in [-0.05, 0) is 0 Å². The van der Waals surface area contributed by atoms with Gasteiger partial charge < -0.3 is 0 Å². The summed E-state index contributed by atoms with van der Waals surface area (Å²) < 4.78 is 0.877. The molecule has 0 amide bonds. The Balaban J connectivity index is 2.42. The first-order valence-corrected chi connectivity index (χ1v) is 11.7. The van der Waals surface area contributed by atoms with Crippen LogP contribution in [-0.4, -0.2) is 42.0 Å². The van der Waals surface area contributed by atoms with Gasteiger partial charge in [-0.1, -0.05) is 0 Å². The molecule has 0 radical (unpaired) electrons.